The maximum Gasteiger partial charge on any atom is 0.222 e. The van der Waals surface area contributed by atoms with Crippen LogP contribution in [0.15, 0.2) is 0 Å². The normalized spacial score (nSPS) is 15.4. The molecule has 0 unspecified atom stereocenters. The van der Waals surface area contributed by atoms with Crippen LogP contribution in [0.1, 0.15) is 121 Å². The molecule has 272 valence electrons. The first-order chi connectivity index (χ1) is 21.7. The minimum absolute atomic E-state index is 0.0197. The zero-order valence-electron chi connectivity index (χ0n) is 30.5. The summed E-state index contributed by atoms with van der Waals surface area (Å²) in [4.78, 5) is 75.1. The van der Waals surface area contributed by atoms with Crippen molar-refractivity contribution in [3.8, 4) is 0 Å². The van der Waals surface area contributed by atoms with Crippen LogP contribution in [0.5, 0.6) is 0 Å². The first-order valence-corrected chi connectivity index (χ1v) is 17.2. The molecule has 0 fully saturated rings. The topological polar surface area (TPSA) is 215 Å². The third-order valence-electron chi connectivity index (χ3n) is 7.75. The number of hydrogen-bond donors (Lipinski definition) is 7. The number of primary amides is 1. The fourth-order valence-electron chi connectivity index (χ4n) is 5.26. The molecule has 13 nitrogen and oxygen atoms in total. The lowest BCUT2D eigenvalue weighted by atomic mass is 9.97. The summed E-state index contributed by atoms with van der Waals surface area (Å²) in [5.74, 6) is -1.27. The third kappa shape index (κ3) is 22.1. The molecule has 0 radical (unpaired) electrons. The van der Waals surface area contributed by atoms with E-state index in [4.69, 9.17) is 11.5 Å². The predicted molar refractivity (Wildman–Crippen MR) is 184 cm³/mol. The van der Waals surface area contributed by atoms with Crippen LogP contribution >= 0.6 is 0 Å². The first kappa shape index (κ1) is 43.8. The average Bonchev–Trinajstić information content (AvgIpc) is 2.85. The van der Waals surface area contributed by atoms with Gasteiger partial charge in [-0.1, -0.05) is 55.4 Å². The van der Waals surface area contributed by atoms with Crippen LogP contribution in [0.4, 0.5) is 0 Å². The minimum atomic E-state index is -0.490. The highest BCUT2D eigenvalue weighted by Gasteiger charge is 2.25. The molecule has 13 heteroatoms. The summed E-state index contributed by atoms with van der Waals surface area (Å²) < 4.78 is 0. The van der Waals surface area contributed by atoms with Gasteiger partial charge in [-0.3, -0.25) is 28.8 Å². The summed E-state index contributed by atoms with van der Waals surface area (Å²) in [5.41, 5.74) is 11.3. The van der Waals surface area contributed by atoms with Crippen molar-refractivity contribution in [3.63, 3.8) is 0 Å². The molecule has 0 aromatic carbocycles. The lowest BCUT2D eigenvalue weighted by Crippen LogP contribution is -2.47. The monoisotopic (exact) mass is 667 g/mol. The molecule has 0 aromatic rings. The molecule has 0 heterocycles. The van der Waals surface area contributed by atoms with Gasteiger partial charge in [-0.2, -0.15) is 0 Å². The third-order valence-corrected chi connectivity index (χ3v) is 7.75. The Labute approximate surface area is 282 Å². The van der Waals surface area contributed by atoms with Gasteiger partial charge in [0.2, 0.25) is 35.4 Å². The van der Waals surface area contributed by atoms with Crippen LogP contribution in [0.2, 0.25) is 0 Å². The molecule has 0 saturated heterocycles. The van der Waals surface area contributed by atoms with E-state index < -0.39 is 30.1 Å². The van der Waals surface area contributed by atoms with Gasteiger partial charge >= 0.3 is 0 Å². The molecular weight excluding hydrogens is 602 g/mol. The van der Waals surface area contributed by atoms with E-state index in [2.05, 4.69) is 26.6 Å². The fourth-order valence-corrected chi connectivity index (χ4v) is 5.26. The molecule has 6 atom stereocenters. The Kier molecular flexibility index (Phi) is 20.8. The van der Waals surface area contributed by atoms with Gasteiger partial charge in [-0.25, -0.2) is 0 Å². The van der Waals surface area contributed by atoms with Gasteiger partial charge in [-0.05, 0) is 50.4 Å². The van der Waals surface area contributed by atoms with Crippen molar-refractivity contribution >= 4 is 35.4 Å². The average molecular weight is 668 g/mol. The largest absolute Gasteiger partial charge is 0.370 e. The van der Waals surface area contributed by atoms with E-state index in [1.807, 2.05) is 55.4 Å². The molecule has 0 aliphatic rings. The number of nitrogens with two attached hydrogens (primary N) is 2. The summed E-state index contributed by atoms with van der Waals surface area (Å²) in [6.45, 7) is 19.2. The molecule has 0 aliphatic heterocycles. The Balaban J connectivity index is 5.06. The van der Waals surface area contributed by atoms with Crippen LogP contribution in [0.3, 0.4) is 0 Å². The highest BCUT2D eigenvalue weighted by molar-refractivity contribution is 5.83. The fraction of sp³-hybridized carbons (Fsp3) is 0.824. The van der Waals surface area contributed by atoms with E-state index in [0.717, 1.165) is 0 Å². The van der Waals surface area contributed by atoms with Crippen LogP contribution < -0.4 is 38.1 Å². The van der Waals surface area contributed by atoms with Gasteiger partial charge < -0.3 is 38.1 Å². The van der Waals surface area contributed by atoms with Crippen molar-refractivity contribution in [2.24, 2.45) is 35.1 Å². The number of carbonyl (C=O) groups excluding carboxylic acids is 6. The zero-order chi connectivity index (χ0) is 36.4. The number of carbonyl (C=O) groups is 6. The van der Waals surface area contributed by atoms with E-state index in [1.165, 1.54) is 0 Å². The zero-order valence-corrected chi connectivity index (χ0v) is 30.5. The van der Waals surface area contributed by atoms with Crippen molar-refractivity contribution in [2.45, 2.75) is 157 Å². The quantitative estimate of drug-likeness (QED) is 0.0860. The molecule has 0 spiro atoms. The Bertz CT molecular complexity index is 1020. The molecule has 0 bridgehead atoms. The number of hydrogen-bond acceptors (Lipinski definition) is 7. The lowest BCUT2D eigenvalue weighted by Gasteiger charge is -2.26. The van der Waals surface area contributed by atoms with Crippen LogP contribution in [-0.4, -0.2) is 71.7 Å². The molecular formula is C34H65N7O6. The molecule has 9 N–H and O–H groups in total. The maximum atomic E-state index is 13.1. The van der Waals surface area contributed by atoms with Crippen LogP contribution in [0.25, 0.3) is 0 Å². The number of amides is 6. The Morgan fingerprint density at radius 3 is 1.23 bits per heavy atom. The second-order valence-electron chi connectivity index (χ2n) is 14.7. The second kappa shape index (κ2) is 22.4. The Morgan fingerprint density at radius 1 is 0.468 bits per heavy atom. The van der Waals surface area contributed by atoms with Gasteiger partial charge in [-0.15, -0.1) is 0 Å². The standard InChI is InChI=1S/C34H65N7O6/c1-19(2)11-25(15-29(36)42)39-30(43)14-24(10)38-34(47)18-28(22(7)8)41-32(45)16-26(12-20(3)4)40-31(44)13-23(9)37-33(46)17-27(35)21(5)6/h19-28H,11-18,35H2,1-10H3,(H2,36,42)(H,37,46)(H,38,47)(H,39,43)(H,40,44)(H,41,45)/t23-,24-,25-,26-,27+,28+/m1/s1. The van der Waals surface area contributed by atoms with Crippen LogP contribution in [0, 0.1) is 23.7 Å². The maximum absolute atomic E-state index is 13.1. The van der Waals surface area contributed by atoms with E-state index in [9.17, 15) is 28.8 Å². The summed E-state index contributed by atoms with van der Waals surface area (Å²) in [7, 11) is 0. The second-order valence-corrected chi connectivity index (χ2v) is 14.7. The van der Waals surface area contributed by atoms with Crippen molar-refractivity contribution in [3.05, 3.63) is 0 Å². The summed E-state index contributed by atoms with van der Waals surface area (Å²) in [6.07, 6.45) is 1.57. The van der Waals surface area contributed by atoms with Crippen LogP contribution in [-0.2, 0) is 28.8 Å². The van der Waals surface area contributed by atoms with Crippen molar-refractivity contribution in [2.75, 3.05) is 0 Å². The highest BCUT2D eigenvalue weighted by Crippen LogP contribution is 2.13. The van der Waals surface area contributed by atoms with Gasteiger partial charge in [0.15, 0.2) is 0 Å². The molecule has 0 saturated carbocycles. The summed E-state index contributed by atoms with van der Waals surface area (Å²) in [5, 5.41) is 14.4. The predicted octanol–water partition coefficient (Wildman–Crippen LogP) is 2.01. The number of nitrogens with one attached hydrogen (secondary N) is 5. The Morgan fingerprint density at radius 2 is 0.851 bits per heavy atom. The van der Waals surface area contributed by atoms with Gasteiger partial charge in [0.25, 0.3) is 0 Å². The van der Waals surface area contributed by atoms with E-state index in [-0.39, 0.29) is 104 Å². The highest BCUT2D eigenvalue weighted by atomic mass is 16.2. The van der Waals surface area contributed by atoms with Crippen molar-refractivity contribution in [1.82, 2.24) is 26.6 Å². The molecule has 6 amide bonds. The summed E-state index contributed by atoms with van der Waals surface area (Å²) >= 11 is 0. The van der Waals surface area contributed by atoms with Crippen molar-refractivity contribution < 1.29 is 28.8 Å². The number of rotatable bonds is 23. The molecule has 47 heavy (non-hydrogen) atoms. The summed E-state index contributed by atoms with van der Waals surface area (Å²) in [6, 6.07) is -2.38. The Hall–Kier alpha value is -3.22. The molecule has 0 rings (SSSR count). The van der Waals surface area contributed by atoms with E-state index in [1.54, 1.807) is 13.8 Å². The smallest absolute Gasteiger partial charge is 0.222 e. The van der Waals surface area contributed by atoms with E-state index in [0.29, 0.717) is 12.8 Å². The lowest BCUT2D eigenvalue weighted by molar-refractivity contribution is -0.126. The molecule has 0 aromatic heterocycles. The molecule has 0 aliphatic carbocycles. The van der Waals surface area contributed by atoms with Crippen molar-refractivity contribution in [1.29, 1.82) is 0 Å². The SMILES string of the molecule is CC(C)C[C@H](CC(N)=O)NC(=O)C[C@@H](C)NC(=O)C[C@H](NC(=O)C[C@@H](CC(C)C)NC(=O)C[C@@H](C)NC(=O)C[C@H](N)C(C)C)C(C)C. The minimum Gasteiger partial charge on any atom is -0.370 e. The first-order valence-electron chi connectivity index (χ1n) is 17.2. The van der Waals surface area contributed by atoms with E-state index >= 15 is 0 Å². The van der Waals surface area contributed by atoms with Gasteiger partial charge in [0, 0.05) is 74.8 Å². The van der Waals surface area contributed by atoms with Gasteiger partial charge in [0.1, 0.15) is 0 Å². The van der Waals surface area contributed by atoms with Gasteiger partial charge in [0.05, 0.1) is 0 Å².